The van der Waals surface area contributed by atoms with Crippen LogP contribution in [0.1, 0.15) is 37.5 Å². The van der Waals surface area contributed by atoms with E-state index in [0.29, 0.717) is 24.0 Å². The summed E-state index contributed by atoms with van der Waals surface area (Å²) in [7, 11) is 0. The van der Waals surface area contributed by atoms with Crippen LogP contribution in [0.25, 0.3) is 16.6 Å². The summed E-state index contributed by atoms with van der Waals surface area (Å²) < 4.78 is 3.19. The third-order valence-corrected chi connectivity index (χ3v) is 5.83. The molecule has 1 saturated heterocycles. The predicted molar refractivity (Wildman–Crippen MR) is 110 cm³/mol. The van der Waals surface area contributed by atoms with Gasteiger partial charge in [-0.05, 0) is 44.0 Å². The van der Waals surface area contributed by atoms with Gasteiger partial charge in [0, 0.05) is 25.2 Å². The van der Waals surface area contributed by atoms with Crippen molar-refractivity contribution in [3.8, 4) is 0 Å². The highest BCUT2D eigenvalue weighted by molar-refractivity contribution is 5.81. The summed E-state index contributed by atoms with van der Waals surface area (Å²) >= 11 is 0. The van der Waals surface area contributed by atoms with Gasteiger partial charge in [-0.2, -0.15) is 4.68 Å². The summed E-state index contributed by atoms with van der Waals surface area (Å²) in [6, 6.07) is 12.1. The van der Waals surface area contributed by atoms with Crippen molar-refractivity contribution in [1.29, 1.82) is 0 Å². The summed E-state index contributed by atoms with van der Waals surface area (Å²) in [6.07, 6.45) is 3.56. The number of hydrogen-bond donors (Lipinski definition) is 0. The zero-order valence-electron chi connectivity index (χ0n) is 16.5. The highest BCUT2D eigenvalue weighted by Crippen LogP contribution is 2.28. The molecule has 152 valence electrons. The maximum absolute atomic E-state index is 13.1. The normalized spacial score (nSPS) is 16.2. The summed E-state index contributed by atoms with van der Waals surface area (Å²) in [5.74, 6) is 1.05. The minimum Gasteiger partial charge on any atom is -0.341 e. The van der Waals surface area contributed by atoms with Gasteiger partial charge >= 0.3 is 0 Å². The Labute approximate surface area is 171 Å². The Morgan fingerprint density at radius 2 is 1.80 bits per heavy atom. The van der Waals surface area contributed by atoms with Crippen molar-refractivity contribution in [3.63, 3.8) is 0 Å². The lowest BCUT2D eigenvalue weighted by atomic mass is 9.95. The van der Waals surface area contributed by atoms with E-state index in [1.54, 1.807) is 36.1 Å². The Hall–Kier alpha value is -3.62. The third kappa shape index (κ3) is 3.02. The van der Waals surface area contributed by atoms with E-state index in [1.807, 2.05) is 28.8 Å². The Bertz CT molecular complexity index is 1290. The number of carbonyl (C=O) groups excluding carboxylic acids is 1. The number of rotatable bonds is 3. The number of amides is 1. The van der Waals surface area contributed by atoms with Gasteiger partial charge < -0.3 is 4.90 Å². The molecule has 9 heteroatoms. The molecule has 0 unspecified atom stereocenters. The van der Waals surface area contributed by atoms with Crippen LogP contribution < -0.4 is 5.56 Å². The average molecular weight is 403 g/mol. The van der Waals surface area contributed by atoms with Crippen molar-refractivity contribution >= 4 is 22.5 Å². The zero-order chi connectivity index (χ0) is 20.7. The number of nitrogens with zero attached hydrogens (tertiary/aromatic N) is 7. The van der Waals surface area contributed by atoms with Crippen LogP contribution in [0.3, 0.4) is 0 Å². The lowest BCUT2D eigenvalue weighted by molar-refractivity contribution is -0.135. The molecule has 0 spiro atoms. The van der Waals surface area contributed by atoms with E-state index >= 15 is 0 Å². The lowest BCUT2D eigenvalue weighted by Crippen LogP contribution is -2.44. The molecule has 3 aromatic heterocycles. The van der Waals surface area contributed by atoms with Gasteiger partial charge in [-0.1, -0.05) is 23.4 Å². The van der Waals surface area contributed by atoms with E-state index in [9.17, 15) is 9.59 Å². The van der Waals surface area contributed by atoms with Gasteiger partial charge in [-0.3, -0.25) is 14.0 Å². The molecule has 4 aromatic rings. The second-order valence-electron chi connectivity index (χ2n) is 7.62. The number of benzene rings is 1. The first-order valence-corrected chi connectivity index (χ1v) is 10.1. The molecule has 1 aliphatic rings. The molecular weight excluding hydrogens is 382 g/mol. The fraction of sp³-hybridized carbons (Fsp3) is 0.333. The molecule has 0 bridgehead atoms. The second kappa shape index (κ2) is 7.33. The first-order valence-electron chi connectivity index (χ1n) is 10.1. The van der Waals surface area contributed by atoms with Crippen molar-refractivity contribution in [1.82, 2.24) is 34.5 Å². The predicted octanol–water partition coefficient (Wildman–Crippen LogP) is 1.80. The van der Waals surface area contributed by atoms with Crippen molar-refractivity contribution in [2.45, 2.75) is 31.7 Å². The number of carbonyl (C=O) groups is 1. The van der Waals surface area contributed by atoms with E-state index in [4.69, 9.17) is 0 Å². The fourth-order valence-corrected chi connectivity index (χ4v) is 4.12. The molecule has 30 heavy (non-hydrogen) atoms. The standard InChI is InChI=1S/C21H21N7O2/c1-14(28-21(30)16-6-2-3-7-17(16)22-25-28)20(29)26-12-9-15(10-13-26)19-24-23-18-8-4-5-11-27(18)19/h2-8,11,14-15H,9-10,12-13H2,1H3/t14-/m0/s1. The first kappa shape index (κ1) is 18.4. The van der Waals surface area contributed by atoms with Crippen molar-refractivity contribution in [3.05, 3.63) is 64.8 Å². The van der Waals surface area contributed by atoms with Crippen LogP contribution in [-0.2, 0) is 4.79 Å². The smallest absolute Gasteiger partial charge is 0.278 e. The van der Waals surface area contributed by atoms with Crippen LogP contribution in [-0.4, -0.2) is 53.5 Å². The minimum atomic E-state index is -0.708. The molecule has 9 nitrogen and oxygen atoms in total. The molecule has 1 atom stereocenters. The van der Waals surface area contributed by atoms with E-state index in [0.717, 1.165) is 24.3 Å². The van der Waals surface area contributed by atoms with Crippen molar-refractivity contribution < 1.29 is 4.79 Å². The van der Waals surface area contributed by atoms with Gasteiger partial charge in [-0.15, -0.1) is 15.3 Å². The highest BCUT2D eigenvalue weighted by Gasteiger charge is 2.30. The van der Waals surface area contributed by atoms with Crippen molar-refractivity contribution in [2.75, 3.05) is 13.1 Å². The summed E-state index contributed by atoms with van der Waals surface area (Å²) in [5.41, 5.74) is 1.06. The van der Waals surface area contributed by atoms with Gasteiger partial charge in [0.15, 0.2) is 5.65 Å². The molecular formula is C21H21N7O2. The Morgan fingerprint density at radius 1 is 1.03 bits per heavy atom. The summed E-state index contributed by atoms with van der Waals surface area (Å²) in [5, 5.41) is 17.1. The monoisotopic (exact) mass is 403 g/mol. The molecule has 1 amide bonds. The van der Waals surface area contributed by atoms with Gasteiger partial charge in [-0.25, -0.2) is 0 Å². The maximum atomic E-state index is 13.1. The number of hydrogen-bond acceptors (Lipinski definition) is 6. The molecule has 4 heterocycles. The van der Waals surface area contributed by atoms with Crippen LogP contribution in [0, 0.1) is 0 Å². The second-order valence-corrected chi connectivity index (χ2v) is 7.62. The fourth-order valence-electron chi connectivity index (χ4n) is 4.12. The lowest BCUT2D eigenvalue weighted by Gasteiger charge is -2.32. The first-order chi connectivity index (χ1) is 14.6. The van der Waals surface area contributed by atoms with Crippen molar-refractivity contribution in [2.24, 2.45) is 0 Å². The Balaban J connectivity index is 1.32. The number of pyridine rings is 1. The van der Waals surface area contributed by atoms with E-state index < -0.39 is 6.04 Å². The van der Waals surface area contributed by atoms with Gasteiger partial charge in [0.1, 0.15) is 17.4 Å². The molecule has 5 rings (SSSR count). The molecule has 1 aliphatic heterocycles. The van der Waals surface area contributed by atoms with Crippen LogP contribution in [0.2, 0.25) is 0 Å². The van der Waals surface area contributed by atoms with E-state index in [2.05, 4.69) is 20.5 Å². The molecule has 1 aromatic carbocycles. The van der Waals surface area contributed by atoms with E-state index in [-0.39, 0.29) is 17.4 Å². The summed E-state index contributed by atoms with van der Waals surface area (Å²) in [6.45, 7) is 2.90. The number of likely N-dealkylation sites (tertiary alicyclic amines) is 1. The number of aromatic nitrogens is 6. The van der Waals surface area contributed by atoms with Gasteiger partial charge in [0.2, 0.25) is 5.91 Å². The van der Waals surface area contributed by atoms with Gasteiger partial charge in [0.25, 0.3) is 5.56 Å². The zero-order valence-corrected chi connectivity index (χ0v) is 16.5. The number of piperidine rings is 1. The Kier molecular flexibility index (Phi) is 4.50. The third-order valence-electron chi connectivity index (χ3n) is 5.83. The topological polar surface area (TPSA) is 98.3 Å². The Morgan fingerprint density at radius 3 is 2.63 bits per heavy atom. The molecule has 0 N–H and O–H groups in total. The van der Waals surface area contributed by atoms with Crippen LogP contribution >= 0.6 is 0 Å². The van der Waals surface area contributed by atoms with Crippen LogP contribution in [0.5, 0.6) is 0 Å². The molecule has 0 radical (unpaired) electrons. The highest BCUT2D eigenvalue weighted by atomic mass is 16.2. The largest absolute Gasteiger partial charge is 0.341 e. The minimum absolute atomic E-state index is 0.119. The average Bonchev–Trinajstić information content (AvgIpc) is 3.23. The van der Waals surface area contributed by atoms with Gasteiger partial charge in [0.05, 0.1) is 5.39 Å². The van der Waals surface area contributed by atoms with Crippen LogP contribution in [0.4, 0.5) is 0 Å². The van der Waals surface area contributed by atoms with E-state index in [1.165, 1.54) is 4.68 Å². The number of fused-ring (bicyclic) bond motifs is 2. The van der Waals surface area contributed by atoms with Crippen LogP contribution in [0.15, 0.2) is 53.5 Å². The maximum Gasteiger partial charge on any atom is 0.278 e. The quantitative estimate of drug-likeness (QED) is 0.517. The molecule has 0 aliphatic carbocycles. The summed E-state index contributed by atoms with van der Waals surface area (Å²) in [4.78, 5) is 27.6. The SMILES string of the molecule is C[C@@H](C(=O)N1CCC(c2nnc3ccccn23)CC1)n1nnc2ccccc2c1=O. The molecule has 1 fully saturated rings. The molecule has 0 saturated carbocycles.